The number of rotatable bonds is 10. The van der Waals surface area contributed by atoms with Crippen molar-refractivity contribution in [2.24, 2.45) is 0 Å². The molecule has 0 aliphatic heterocycles. The van der Waals surface area contributed by atoms with Crippen molar-refractivity contribution < 1.29 is 8.42 Å². The Bertz CT molecular complexity index is 278. The zero-order valence-corrected chi connectivity index (χ0v) is 12.3. The second-order valence-electron chi connectivity index (χ2n) is 4.54. The number of nitrogens with zero attached hydrogens (tertiary/aromatic N) is 1. The molecule has 5 nitrogen and oxygen atoms in total. The summed E-state index contributed by atoms with van der Waals surface area (Å²) in [4.78, 5) is 0. The Morgan fingerprint density at radius 3 is 2.35 bits per heavy atom. The van der Waals surface area contributed by atoms with Crippen LogP contribution in [0.1, 0.15) is 40.0 Å². The molecule has 0 bridgehead atoms. The van der Waals surface area contributed by atoms with Crippen molar-refractivity contribution in [1.82, 2.24) is 14.3 Å². The summed E-state index contributed by atoms with van der Waals surface area (Å²) in [6, 6.07) is 0.443. The third-order valence-corrected chi connectivity index (χ3v) is 4.00. The third-order valence-electron chi connectivity index (χ3n) is 2.43. The Morgan fingerprint density at radius 1 is 1.18 bits per heavy atom. The van der Waals surface area contributed by atoms with Gasteiger partial charge in [-0.2, -0.15) is 12.7 Å². The first-order valence-corrected chi connectivity index (χ1v) is 7.78. The van der Waals surface area contributed by atoms with Crippen LogP contribution in [-0.2, 0) is 10.2 Å². The Labute approximate surface area is 106 Å². The van der Waals surface area contributed by atoms with Gasteiger partial charge in [-0.15, -0.1) is 0 Å². The second-order valence-corrected chi connectivity index (χ2v) is 6.40. The molecule has 0 radical (unpaired) electrons. The molecule has 0 fully saturated rings. The molecule has 0 heterocycles. The molecule has 2 N–H and O–H groups in total. The topological polar surface area (TPSA) is 61.4 Å². The summed E-state index contributed by atoms with van der Waals surface area (Å²) in [5.74, 6) is 0. The van der Waals surface area contributed by atoms with Crippen molar-refractivity contribution in [3.05, 3.63) is 0 Å². The van der Waals surface area contributed by atoms with Crippen molar-refractivity contribution >= 4 is 10.2 Å². The molecule has 17 heavy (non-hydrogen) atoms. The molecular weight excluding hydrogens is 238 g/mol. The lowest BCUT2D eigenvalue weighted by molar-refractivity contribution is 0.447. The van der Waals surface area contributed by atoms with Crippen LogP contribution in [0, 0.1) is 0 Å². The number of hydrogen-bond acceptors (Lipinski definition) is 3. The Morgan fingerprint density at radius 2 is 1.82 bits per heavy atom. The predicted octanol–water partition coefficient (Wildman–Crippen LogP) is 0.941. The van der Waals surface area contributed by atoms with E-state index in [1.807, 2.05) is 6.92 Å². The van der Waals surface area contributed by atoms with E-state index in [0.29, 0.717) is 19.1 Å². The summed E-state index contributed by atoms with van der Waals surface area (Å²) in [5.41, 5.74) is 0. The van der Waals surface area contributed by atoms with Gasteiger partial charge in [0.05, 0.1) is 0 Å². The summed E-state index contributed by atoms with van der Waals surface area (Å²) in [5, 5.41) is 3.25. The van der Waals surface area contributed by atoms with Crippen LogP contribution in [0.4, 0.5) is 0 Å². The summed E-state index contributed by atoms with van der Waals surface area (Å²) in [7, 11) is -1.66. The quantitative estimate of drug-likeness (QED) is 0.578. The van der Waals surface area contributed by atoms with E-state index in [-0.39, 0.29) is 0 Å². The van der Waals surface area contributed by atoms with Crippen LogP contribution in [0.2, 0.25) is 0 Å². The fraction of sp³-hybridized carbons (Fsp3) is 1.00. The summed E-state index contributed by atoms with van der Waals surface area (Å²) in [6.45, 7) is 8.09. The van der Waals surface area contributed by atoms with Gasteiger partial charge in [-0.1, -0.05) is 27.2 Å². The van der Waals surface area contributed by atoms with Crippen molar-refractivity contribution in [2.75, 3.05) is 26.7 Å². The SMILES string of the molecule is CCCCN(C)S(=O)(=O)NCCCNC(C)C. The summed E-state index contributed by atoms with van der Waals surface area (Å²) >= 11 is 0. The smallest absolute Gasteiger partial charge is 0.279 e. The largest absolute Gasteiger partial charge is 0.314 e. The summed E-state index contributed by atoms with van der Waals surface area (Å²) < 4.78 is 27.4. The van der Waals surface area contributed by atoms with Gasteiger partial charge in [0.25, 0.3) is 10.2 Å². The van der Waals surface area contributed by atoms with Crippen LogP contribution in [0.5, 0.6) is 0 Å². The molecule has 6 heteroatoms. The monoisotopic (exact) mass is 265 g/mol. The van der Waals surface area contributed by atoms with Crippen LogP contribution in [0.25, 0.3) is 0 Å². The molecule has 0 aliphatic rings. The van der Waals surface area contributed by atoms with E-state index in [4.69, 9.17) is 0 Å². The minimum absolute atomic E-state index is 0.443. The average molecular weight is 265 g/mol. The van der Waals surface area contributed by atoms with Crippen LogP contribution in [-0.4, -0.2) is 45.4 Å². The Hall–Kier alpha value is -0.170. The molecule has 0 amide bonds. The fourth-order valence-electron chi connectivity index (χ4n) is 1.29. The minimum atomic E-state index is -3.28. The van der Waals surface area contributed by atoms with Crippen molar-refractivity contribution in [1.29, 1.82) is 0 Å². The molecule has 0 saturated heterocycles. The highest BCUT2D eigenvalue weighted by Crippen LogP contribution is 1.97. The van der Waals surface area contributed by atoms with Crippen LogP contribution in [0.3, 0.4) is 0 Å². The third kappa shape index (κ3) is 8.54. The van der Waals surface area contributed by atoms with E-state index in [0.717, 1.165) is 25.8 Å². The first kappa shape index (κ1) is 16.8. The maximum atomic E-state index is 11.7. The van der Waals surface area contributed by atoms with Gasteiger partial charge < -0.3 is 5.32 Å². The zero-order chi connectivity index (χ0) is 13.3. The van der Waals surface area contributed by atoms with E-state index >= 15 is 0 Å². The van der Waals surface area contributed by atoms with Gasteiger partial charge in [0, 0.05) is 26.2 Å². The fourth-order valence-corrected chi connectivity index (χ4v) is 2.28. The van der Waals surface area contributed by atoms with E-state index in [1.165, 1.54) is 4.31 Å². The predicted molar refractivity (Wildman–Crippen MR) is 72.2 cm³/mol. The molecule has 0 aromatic heterocycles. The van der Waals surface area contributed by atoms with Crippen LogP contribution < -0.4 is 10.0 Å². The van der Waals surface area contributed by atoms with E-state index in [9.17, 15) is 8.42 Å². The molecule has 104 valence electrons. The van der Waals surface area contributed by atoms with E-state index in [2.05, 4.69) is 23.9 Å². The van der Waals surface area contributed by atoms with Gasteiger partial charge in [0.1, 0.15) is 0 Å². The van der Waals surface area contributed by atoms with Crippen LogP contribution in [0.15, 0.2) is 0 Å². The first-order valence-electron chi connectivity index (χ1n) is 6.34. The number of nitrogens with one attached hydrogen (secondary N) is 2. The molecular formula is C11H27N3O2S. The lowest BCUT2D eigenvalue weighted by Crippen LogP contribution is -2.39. The molecule has 0 saturated carbocycles. The number of hydrogen-bond donors (Lipinski definition) is 2. The van der Waals surface area contributed by atoms with Crippen molar-refractivity contribution in [3.63, 3.8) is 0 Å². The van der Waals surface area contributed by atoms with E-state index < -0.39 is 10.2 Å². The van der Waals surface area contributed by atoms with Gasteiger partial charge >= 0.3 is 0 Å². The molecule has 0 unspecified atom stereocenters. The summed E-state index contributed by atoms with van der Waals surface area (Å²) in [6.07, 6.45) is 2.70. The highest BCUT2D eigenvalue weighted by atomic mass is 32.2. The van der Waals surface area contributed by atoms with Gasteiger partial charge in [-0.05, 0) is 19.4 Å². The molecule has 0 aliphatic carbocycles. The average Bonchev–Trinajstić information content (AvgIpc) is 2.24. The lowest BCUT2D eigenvalue weighted by Gasteiger charge is -2.17. The normalized spacial score (nSPS) is 12.6. The molecule has 0 aromatic rings. The number of unbranched alkanes of at least 4 members (excludes halogenated alkanes) is 1. The Balaban J connectivity index is 3.77. The standard InChI is InChI=1S/C11H27N3O2S/c1-5-6-10-14(4)17(15,16)13-9-7-8-12-11(2)3/h11-13H,5-10H2,1-4H3. The Kier molecular flexibility index (Phi) is 8.77. The van der Waals surface area contributed by atoms with E-state index in [1.54, 1.807) is 7.05 Å². The molecule has 0 aromatic carbocycles. The minimum Gasteiger partial charge on any atom is -0.314 e. The lowest BCUT2D eigenvalue weighted by atomic mass is 10.3. The first-order chi connectivity index (χ1) is 7.90. The second kappa shape index (κ2) is 8.85. The van der Waals surface area contributed by atoms with Gasteiger partial charge in [-0.25, -0.2) is 4.72 Å². The highest BCUT2D eigenvalue weighted by Gasteiger charge is 2.15. The highest BCUT2D eigenvalue weighted by molar-refractivity contribution is 7.87. The molecule has 0 atom stereocenters. The van der Waals surface area contributed by atoms with Gasteiger partial charge in [0.2, 0.25) is 0 Å². The van der Waals surface area contributed by atoms with Crippen molar-refractivity contribution in [2.45, 2.75) is 46.1 Å². The van der Waals surface area contributed by atoms with Crippen LogP contribution >= 0.6 is 0 Å². The van der Waals surface area contributed by atoms with Crippen molar-refractivity contribution in [3.8, 4) is 0 Å². The van der Waals surface area contributed by atoms with Gasteiger partial charge in [0.15, 0.2) is 0 Å². The maximum Gasteiger partial charge on any atom is 0.279 e. The van der Waals surface area contributed by atoms with Gasteiger partial charge in [-0.3, -0.25) is 0 Å². The molecule has 0 rings (SSSR count). The molecule has 0 spiro atoms. The zero-order valence-electron chi connectivity index (χ0n) is 11.5. The maximum absolute atomic E-state index is 11.7.